The van der Waals surface area contributed by atoms with E-state index in [4.69, 9.17) is 5.73 Å². The van der Waals surface area contributed by atoms with E-state index < -0.39 is 0 Å². The van der Waals surface area contributed by atoms with Crippen molar-refractivity contribution in [1.29, 1.82) is 0 Å². The third-order valence-electron chi connectivity index (χ3n) is 2.37. The zero-order valence-electron chi connectivity index (χ0n) is 8.51. The molecule has 0 aliphatic carbocycles. The van der Waals surface area contributed by atoms with Gasteiger partial charge in [-0.25, -0.2) is 0 Å². The van der Waals surface area contributed by atoms with Gasteiger partial charge in [-0.15, -0.1) is 23.7 Å². The molecule has 80 valence electrons. The van der Waals surface area contributed by atoms with Crippen LogP contribution in [0.4, 0.5) is 0 Å². The molecule has 3 heteroatoms. The predicted molar refractivity (Wildman–Crippen MR) is 68.8 cm³/mol. The highest BCUT2D eigenvalue weighted by molar-refractivity contribution is 7.10. The summed E-state index contributed by atoms with van der Waals surface area (Å²) in [6, 6.07) is 12.4. The minimum absolute atomic E-state index is 0. The molecule has 1 heterocycles. The predicted octanol–water partition coefficient (Wildman–Crippen LogP) is 3.53. The fraction of sp³-hybridized carbons (Fsp3) is 0.167. The number of aryl methyl sites for hydroxylation is 1. The van der Waals surface area contributed by atoms with Crippen LogP contribution < -0.4 is 5.73 Å². The summed E-state index contributed by atoms with van der Waals surface area (Å²) in [6.45, 7) is 2.10. The summed E-state index contributed by atoms with van der Waals surface area (Å²) in [5, 5.41) is 2.06. The molecule has 0 spiro atoms. The van der Waals surface area contributed by atoms with Gasteiger partial charge in [0.05, 0.1) is 6.04 Å². The summed E-state index contributed by atoms with van der Waals surface area (Å²) in [5.74, 6) is 0. The lowest BCUT2D eigenvalue weighted by Crippen LogP contribution is -2.11. The first-order chi connectivity index (χ1) is 6.79. The molecule has 15 heavy (non-hydrogen) atoms. The van der Waals surface area contributed by atoms with Crippen LogP contribution in [0.2, 0.25) is 0 Å². The van der Waals surface area contributed by atoms with E-state index in [2.05, 4.69) is 30.5 Å². The zero-order chi connectivity index (χ0) is 9.97. The van der Waals surface area contributed by atoms with Gasteiger partial charge in [-0.05, 0) is 29.5 Å². The zero-order valence-corrected chi connectivity index (χ0v) is 10.1. The first kappa shape index (κ1) is 12.2. The van der Waals surface area contributed by atoms with E-state index in [1.54, 1.807) is 11.3 Å². The number of benzene rings is 1. The largest absolute Gasteiger partial charge is 0.320 e. The number of nitrogens with two attached hydrogens (primary N) is 1. The van der Waals surface area contributed by atoms with Gasteiger partial charge in [-0.2, -0.15) is 0 Å². The second-order valence-electron chi connectivity index (χ2n) is 3.35. The average Bonchev–Trinajstić information content (AvgIpc) is 2.70. The molecule has 0 unspecified atom stereocenters. The van der Waals surface area contributed by atoms with Crippen molar-refractivity contribution in [2.75, 3.05) is 0 Å². The summed E-state index contributed by atoms with van der Waals surface area (Å²) >= 11 is 1.71. The van der Waals surface area contributed by atoms with Crippen LogP contribution in [0.1, 0.15) is 22.0 Å². The Morgan fingerprint density at radius 2 is 1.87 bits per heavy atom. The molecule has 0 saturated carbocycles. The van der Waals surface area contributed by atoms with Crippen molar-refractivity contribution in [2.45, 2.75) is 13.0 Å². The van der Waals surface area contributed by atoms with Crippen LogP contribution in [0.15, 0.2) is 41.8 Å². The second kappa shape index (κ2) is 5.31. The highest BCUT2D eigenvalue weighted by Crippen LogP contribution is 2.25. The molecule has 0 aliphatic heterocycles. The molecule has 1 nitrogen and oxygen atoms in total. The van der Waals surface area contributed by atoms with Crippen molar-refractivity contribution in [2.24, 2.45) is 5.73 Å². The minimum Gasteiger partial charge on any atom is -0.320 e. The van der Waals surface area contributed by atoms with Crippen molar-refractivity contribution in [3.8, 4) is 0 Å². The summed E-state index contributed by atoms with van der Waals surface area (Å²) < 4.78 is 0. The Morgan fingerprint density at radius 3 is 2.47 bits per heavy atom. The Bertz CT molecular complexity index is 411. The fourth-order valence-corrected chi connectivity index (χ4v) is 2.30. The first-order valence-electron chi connectivity index (χ1n) is 4.63. The molecule has 1 aromatic heterocycles. The summed E-state index contributed by atoms with van der Waals surface area (Å²) in [5.41, 5.74) is 8.65. The molecule has 1 aromatic carbocycles. The lowest BCUT2D eigenvalue weighted by Gasteiger charge is -2.12. The Morgan fingerprint density at radius 1 is 1.13 bits per heavy atom. The molecule has 2 N–H and O–H groups in total. The van der Waals surface area contributed by atoms with Gasteiger partial charge in [0.1, 0.15) is 0 Å². The third kappa shape index (κ3) is 2.59. The van der Waals surface area contributed by atoms with Crippen molar-refractivity contribution in [3.63, 3.8) is 0 Å². The van der Waals surface area contributed by atoms with E-state index in [1.807, 2.05) is 18.2 Å². The third-order valence-corrected chi connectivity index (χ3v) is 3.33. The number of rotatable bonds is 2. The Kier molecular flexibility index (Phi) is 4.33. The van der Waals surface area contributed by atoms with Gasteiger partial charge < -0.3 is 5.73 Å². The van der Waals surface area contributed by atoms with E-state index in [9.17, 15) is 0 Å². The maximum Gasteiger partial charge on any atom is 0.0648 e. The van der Waals surface area contributed by atoms with Gasteiger partial charge in [0.25, 0.3) is 0 Å². The van der Waals surface area contributed by atoms with Gasteiger partial charge in [-0.1, -0.05) is 30.3 Å². The van der Waals surface area contributed by atoms with Crippen molar-refractivity contribution < 1.29 is 0 Å². The van der Waals surface area contributed by atoms with Crippen molar-refractivity contribution >= 4 is 23.7 Å². The van der Waals surface area contributed by atoms with Crippen LogP contribution in [-0.2, 0) is 0 Å². The summed E-state index contributed by atoms with van der Waals surface area (Å²) in [7, 11) is 0. The second-order valence-corrected chi connectivity index (χ2v) is 4.33. The van der Waals surface area contributed by atoms with Gasteiger partial charge in [0.2, 0.25) is 0 Å². The lowest BCUT2D eigenvalue weighted by atomic mass is 10.0. The number of halogens is 1. The molecule has 0 amide bonds. The molecule has 0 bridgehead atoms. The summed E-state index contributed by atoms with van der Waals surface area (Å²) in [6.07, 6.45) is 0. The van der Waals surface area contributed by atoms with Crippen LogP contribution in [0, 0.1) is 6.92 Å². The van der Waals surface area contributed by atoms with Crippen LogP contribution in [0.3, 0.4) is 0 Å². The first-order valence-corrected chi connectivity index (χ1v) is 5.51. The average molecular weight is 240 g/mol. The number of hydrogen-bond acceptors (Lipinski definition) is 2. The van der Waals surface area contributed by atoms with Gasteiger partial charge >= 0.3 is 0 Å². The van der Waals surface area contributed by atoms with Gasteiger partial charge in [0, 0.05) is 4.88 Å². The Hall–Kier alpha value is -0.830. The molecule has 2 aromatic rings. The molecule has 0 aliphatic rings. The molecule has 1 atom stereocenters. The SMILES string of the molecule is Cc1ccccc1[C@@H](N)c1cccs1.Cl. The van der Waals surface area contributed by atoms with Gasteiger partial charge in [0.15, 0.2) is 0 Å². The molecular formula is C12H14ClNS. The Balaban J connectivity index is 0.00000112. The van der Waals surface area contributed by atoms with Gasteiger partial charge in [-0.3, -0.25) is 0 Å². The van der Waals surface area contributed by atoms with E-state index in [-0.39, 0.29) is 18.4 Å². The smallest absolute Gasteiger partial charge is 0.0648 e. The fourth-order valence-electron chi connectivity index (χ4n) is 1.56. The quantitative estimate of drug-likeness (QED) is 0.853. The van der Waals surface area contributed by atoms with E-state index >= 15 is 0 Å². The van der Waals surface area contributed by atoms with E-state index in [0.29, 0.717) is 0 Å². The van der Waals surface area contributed by atoms with E-state index in [1.165, 1.54) is 16.0 Å². The lowest BCUT2D eigenvalue weighted by molar-refractivity contribution is 0.882. The summed E-state index contributed by atoms with van der Waals surface area (Å²) in [4.78, 5) is 1.22. The molecule has 0 radical (unpaired) electrons. The van der Waals surface area contributed by atoms with Crippen molar-refractivity contribution in [1.82, 2.24) is 0 Å². The molecular weight excluding hydrogens is 226 g/mol. The number of thiophene rings is 1. The highest BCUT2D eigenvalue weighted by Gasteiger charge is 2.10. The topological polar surface area (TPSA) is 26.0 Å². The normalized spacial score (nSPS) is 11.9. The molecule has 0 saturated heterocycles. The van der Waals surface area contributed by atoms with Crippen molar-refractivity contribution in [3.05, 3.63) is 57.8 Å². The maximum atomic E-state index is 6.17. The molecule has 0 fully saturated rings. The van der Waals surface area contributed by atoms with Crippen LogP contribution in [-0.4, -0.2) is 0 Å². The number of hydrogen-bond donors (Lipinski definition) is 1. The standard InChI is InChI=1S/C12H13NS.ClH/c1-9-5-2-3-6-10(9)12(13)11-7-4-8-14-11;/h2-8,12H,13H2,1H3;1H/t12-;/m1./s1. The molecule has 2 rings (SSSR count). The highest BCUT2D eigenvalue weighted by atomic mass is 35.5. The Labute approximate surface area is 100 Å². The monoisotopic (exact) mass is 239 g/mol. The minimum atomic E-state index is 0. The van der Waals surface area contributed by atoms with Crippen LogP contribution in [0.25, 0.3) is 0 Å². The van der Waals surface area contributed by atoms with Crippen LogP contribution in [0.5, 0.6) is 0 Å². The maximum absolute atomic E-state index is 6.17. The van der Waals surface area contributed by atoms with Crippen LogP contribution >= 0.6 is 23.7 Å². The van der Waals surface area contributed by atoms with E-state index in [0.717, 1.165) is 0 Å².